The number of ether oxygens (including phenoxy) is 1. The van der Waals surface area contributed by atoms with Crippen molar-refractivity contribution in [2.24, 2.45) is 5.41 Å². The fraction of sp³-hybridized carbons (Fsp3) is 0.909. The van der Waals surface area contributed by atoms with Crippen molar-refractivity contribution in [3.05, 3.63) is 0 Å². The maximum absolute atomic E-state index is 11.5. The van der Waals surface area contributed by atoms with Crippen molar-refractivity contribution in [3.63, 3.8) is 0 Å². The molecule has 0 radical (unpaired) electrons. The highest BCUT2D eigenvalue weighted by Crippen LogP contribution is 2.41. The minimum atomic E-state index is -1.24. The summed E-state index contributed by atoms with van der Waals surface area (Å²) in [4.78, 5) is 11.5. The van der Waals surface area contributed by atoms with Gasteiger partial charge in [-0.05, 0) is 38.0 Å². The first-order valence-corrected chi connectivity index (χ1v) is 5.29. The van der Waals surface area contributed by atoms with Gasteiger partial charge in [0.05, 0.1) is 6.61 Å². The minimum Gasteiger partial charge on any atom is -0.464 e. The summed E-state index contributed by atoms with van der Waals surface area (Å²) in [6.45, 7) is 6.25. The maximum atomic E-state index is 11.5. The van der Waals surface area contributed by atoms with Crippen molar-refractivity contribution in [2.75, 3.05) is 6.61 Å². The highest BCUT2D eigenvalue weighted by Gasteiger charge is 2.45. The summed E-state index contributed by atoms with van der Waals surface area (Å²) < 4.78 is 4.89. The van der Waals surface area contributed by atoms with Gasteiger partial charge in [0.25, 0.3) is 0 Å². The molecule has 0 aromatic rings. The predicted octanol–water partition coefficient (Wildman–Crippen LogP) is 1.88. The van der Waals surface area contributed by atoms with Gasteiger partial charge in [-0.25, -0.2) is 4.79 Å². The van der Waals surface area contributed by atoms with E-state index in [2.05, 4.69) is 13.8 Å². The highest BCUT2D eigenvalue weighted by atomic mass is 16.5. The van der Waals surface area contributed by atoms with E-state index in [1.165, 1.54) is 0 Å². The molecular formula is C11H20O3. The Morgan fingerprint density at radius 1 is 1.43 bits per heavy atom. The molecule has 0 amide bonds. The first-order valence-electron chi connectivity index (χ1n) is 5.29. The van der Waals surface area contributed by atoms with Crippen LogP contribution in [-0.2, 0) is 9.53 Å². The summed E-state index contributed by atoms with van der Waals surface area (Å²) in [5, 5.41) is 10.1. The molecule has 1 rings (SSSR count). The van der Waals surface area contributed by atoms with Crippen LogP contribution in [-0.4, -0.2) is 23.3 Å². The minimum absolute atomic E-state index is 0.0414. The molecule has 0 aromatic carbocycles. The lowest BCUT2D eigenvalue weighted by Crippen LogP contribution is -2.46. The molecule has 0 spiro atoms. The molecule has 1 unspecified atom stereocenters. The van der Waals surface area contributed by atoms with E-state index in [1.807, 2.05) is 0 Å². The van der Waals surface area contributed by atoms with E-state index in [0.29, 0.717) is 19.4 Å². The Labute approximate surface area is 85.5 Å². The van der Waals surface area contributed by atoms with Gasteiger partial charge in [-0.2, -0.15) is 0 Å². The molecule has 0 saturated heterocycles. The highest BCUT2D eigenvalue weighted by molar-refractivity contribution is 5.79. The first-order chi connectivity index (χ1) is 6.40. The van der Waals surface area contributed by atoms with Gasteiger partial charge in [0.15, 0.2) is 5.60 Å². The fourth-order valence-electron chi connectivity index (χ4n) is 2.27. The van der Waals surface area contributed by atoms with E-state index in [0.717, 1.165) is 12.8 Å². The van der Waals surface area contributed by atoms with Gasteiger partial charge < -0.3 is 9.84 Å². The van der Waals surface area contributed by atoms with Gasteiger partial charge in [-0.3, -0.25) is 0 Å². The molecule has 1 fully saturated rings. The molecule has 14 heavy (non-hydrogen) atoms. The summed E-state index contributed by atoms with van der Waals surface area (Å²) in [6.07, 6.45) is 3.01. The summed E-state index contributed by atoms with van der Waals surface area (Å²) >= 11 is 0. The zero-order valence-electron chi connectivity index (χ0n) is 9.30. The molecule has 0 aliphatic heterocycles. The third kappa shape index (κ3) is 2.47. The number of esters is 1. The largest absolute Gasteiger partial charge is 0.464 e. The van der Waals surface area contributed by atoms with Crippen molar-refractivity contribution in [1.82, 2.24) is 0 Å². The number of carbonyl (C=O) groups excluding carboxylic acids is 1. The normalized spacial score (nSPS) is 31.1. The van der Waals surface area contributed by atoms with Crippen molar-refractivity contribution in [2.45, 2.75) is 52.1 Å². The molecule has 1 N–H and O–H groups in total. The van der Waals surface area contributed by atoms with Crippen molar-refractivity contribution < 1.29 is 14.6 Å². The van der Waals surface area contributed by atoms with Gasteiger partial charge in [0.2, 0.25) is 0 Å². The first kappa shape index (κ1) is 11.5. The molecule has 1 aliphatic rings. The van der Waals surface area contributed by atoms with E-state index >= 15 is 0 Å². The number of aliphatic hydroxyl groups is 1. The Morgan fingerprint density at radius 2 is 2.07 bits per heavy atom. The Kier molecular flexibility index (Phi) is 3.20. The zero-order valence-corrected chi connectivity index (χ0v) is 9.30. The lowest BCUT2D eigenvalue weighted by molar-refractivity contribution is -0.172. The van der Waals surface area contributed by atoms with Gasteiger partial charge >= 0.3 is 5.97 Å². The number of carbonyl (C=O) groups is 1. The van der Waals surface area contributed by atoms with Crippen LogP contribution in [0.2, 0.25) is 0 Å². The van der Waals surface area contributed by atoms with E-state index in [-0.39, 0.29) is 5.41 Å². The summed E-state index contributed by atoms with van der Waals surface area (Å²) in [5.74, 6) is -0.451. The number of rotatable bonds is 2. The Balaban J connectivity index is 2.68. The number of hydrogen-bond acceptors (Lipinski definition) is 3. The van der Waals surface area contributed by atoms with Crippen LogP contribution >= 0.6 is 0 Å². The summed E-state index contributed by atoms with van der Waals surface area (Å²) in [6, 6.07) is 0. The van der Waals surface area contributed by atoms with Crippen molar-refractivity contribution in [1.29, 1.82) is 0 Å². The van der Waals surface area contributed by atoms with Gasteiger partial charge in [0.1, 0.15) is 0 Å². The monoisotopic (exact) mass is 200 g/mol. The molecule has 3 nitrogen and oxygen atoms in total. The van der Waals surface area contributed by atoms with Gasteiger partial charge in [0, 0.05) is 0 Å². The molecule has 0 bridgehead atoms. The van der Waals surface area contributed by atoms with Gasteiger partial charge in [-0.1, -0.05) is 13.8 Å². The topological polar surface area (TPSA) is 46.5 Å². The van der Waals surface area contributed by atoms with E-state index in [9.17, 15) is 9.90 Å². The van der Waals surface area contributed by atoms with Crippen LogP contribution < -0.4 is 0 Å². The van der Waals surface area contributed by atoms with Crippen LogP contribution in [0.1, 0.15) is 46.5 Å². The average molecular weight is 200 g/mol. The van der Waals surface area contributed by atoms with Crippen molar-refractivity contribution >= 4 is 5.97 Å². The molecule has 1 saturated carbocycles. The summed E-state index contributed by atoms with van der Waals surface area (Å²) in [7, 11) is 0. The molecule has 1 aliphatic carbocycles. The smallest absolute Gasteiger partial charge is 0.338 e. The molecule has 3 heteroatoms. The Bertz CT molecular complexity index is 223. The van der Waals surface area contributed by atoms with Gasteiger partial charge in [-0.15, -0.1) is 0 Å². The Morgan fingerprint density at radius 3 is 2.57 bits per heavy atom. The molecule has 82 valence electrons. The standard InChI is InChI=1S/C11H20O3/c1-4-14-9(12)11(13)7-5-6-10(2,3)8-11/h13H,4-8H2,1-3H3. The van der Waals surface area contributed by atoms with Crippen LogP contribution in [0.5, 0.6) is 0 Å². The van der Waals surface area contributed by atoms with E-state index in [1.54, 1.807) is 6.92 Å². The van der Waals surface area contributed by atoms with Crippen molar-refractivity contribution in [3.8, 4) is 0 Å². The second-order valence-corrected chi connectivity index (χ2v) is 4.95. The van der Waals surface area contributed by atoms with E-state index in [4.69, 9.17) is 4.74 Å². The van der Waals surface area contributed by atoms with Crippen LogP contribution in [0.4, 0.5) is 0 Å². The fourth-order valence-corrected chi connectivity index (χ4v) is 2.27. The Hall–Kier alpha value is -0.570. The third-order valence-corrected chi connectivity index (χ3v) is 2.87. The maximum Gasteiger partial charge on any atom is 0.338 e. The molecule has 0 heterocycles. The number of hydrogen-bond donors (Lipinski definition) is 1. The molecule has 1 atom stereocenters. The second-order valence-electron chi connectivity index (χ2n) is 4.95. The quantitative estimate of drug-likeness (QED) is 0.692. The van der Waals surface area contributed by atoms with Crippen LogP contribution in [0.3, 0.4) is 0 Å². The zero-order chi connectivity index (χ0) is 10.8. The predicted molar refractivity (Wildman–Crippen MR) is 53.8 cm³/mol. The lowest BCUT2D eigenvalue weighted by Gasteiger charge is -2.39. The molecular weight excluding hydrogens is 180 g/mol. The summed E-state index contributed by atoms with van der Waals surface area (Å²) in [5.41, 5.74) is -1.20. The third-order valence-electron chi connectivity index (χ3n) is 2.87. The SMILES string of the molecule is CCOC(=O)C1(O)CCCC(C)(C)C1. The van der Waals surface area contributed by atoms with E-state index < -0.39 is 11.6 Å². The van der Waals surface area contributed by atoms with Crippen LogP contribution in [0.15, 0.2) is 0 Å². The molecule has 0 aromatic heterocycles. The van der Waals surface area contributed by atoms with Crippen LogP contribution in [0, 0.1) is 5.41 Å². The average Bonchev–Trinajstić information content (AvgIpc) is 2.02. The second kappa shape index (κ2) is 3.89. The lowest BCUT2D eigenvalue weighted by atomic mass is 9.70. The van der Waals surface area contributed by atoms with Crippen LogP contribution in [0.25, 0.3) is 0 Å².